The molecule has 0 aliphatic carbocycles. The largest absolute Gasteiger partial charge is 0.495 e. The van der Waals surface area contributed by atoms with Gasteiger partial charge in [0.25, 0.3) is 0 Å². The molecule has 8 nitrogen and oxygen atoms in total. The van der Waals surface area contributed by atoms with E-state index in [0.29, 0.717) is 27.2 Å². The van der Waals surface area contributed by atoms with E-state index in [-0.39, 0.29) is 28.9 Å². The van der Waals surface area contributed by atoms with Gasteiger partial charge in [0, 0.05) is 29.0 Å². The van der Waals surface area contributed by atoms with Crippen molar-refractivity contribution < 1.29 is 26.3 Å². The summed E-state index contributed by atoms with van der Waals surface area (Å²) < 4.78 is 71.6. The van der Waals surface area contributed by atoms with Gasteiger partial charge in [0.15, 0.2) is 15.5 Å². The van der Waals surface area contributed by atoms with Gasteiger partial charge in [-0.15, -0.1) is 0 Å². The highest BCUT2D eigenvalue weighted by Gasteiger charge is 2.32. The standard InChI is InChI=1S/C26H29BrF3N5O3S/c1-34-11-8-18(9-12-34)32-22-13-17(27)16-35-23(15-26(28,29)30)20(33-25(22)35)5-4-10-31-21-7-6-19(39(3,36)37)14-24(21)38-2/h6-7,13-14,16,18,31-32H,8-12,15H2,1-3H3. The van der Waals surface area contributed by atoms with E-state index in [1.165, 1.54) is 23.6 Å². The molecule has 0 bridgehead atoms. The first kappa shape index (κ1) is 29.0. The lowest BCUT2D eigenvalue weighted by Gasteiger charge is -2.30. The van der Waals surface area contributed by atoms with Crippen molar-refractivity contribution in [2.45, 2.75) is 36.4 Å². The molecule has 1 aromatic carbocycles. The molecule has 0 saturated carbocycles. The van der Waals surface area contributed by atoms with E-state index < -0.39 is 22.4 Å². The average Bonchev–Trinajstić information content (AvgIpc) is 3.18. The first-order chi connectivity index (χ1) is 18.3. The van der Waals surface area contributed by atoms with Gasteiger partial charge in [-0.1, -0.05) is 5.92 Å². The van der Waals surface area contributed by atoms with E-state index >= 15 is 0 Å². The Morgan fingerprint density at radius 2 is 1.92 bits per heavy atom. The number of benzene rings is 1. The third kappa shape index (κ3) is 7.38. The monoisotopic (exact) mass is 627 g/mol. The Kier molecular flexibility index (Phi) is 8.68. The molecule has 0 spiro atoms. The lowest BCUT2D eigenvalue weighted by molar-refractivity contribution is -0.128. The molecular weight excluding hydrogens is 599 g/mol. The van der Waals surface area contributed by atoms with Crippen molar-refractivity contribution in [3.63, 3.8) is 0 Å². The summed E-state index contributed by atoms with van der Waals surface area (Å²) in [5.41, 5.74) is 1.51. The Morgan fingerprint density at radius 1 is 1.21 bits per heavy atom. The SMILES string of the molecule is COc1cc(S(C)(=O)=O)ccc1NCC#Cc1nc2c(NC3CCN(C)CC3)cc(Br)cn2c1CC(F)(F)F. The molecule has 2 aromatic heterocycles. The van der Waals surface area contributed by atoms with Gasteiger partial charge >= 0.3 is 6.18 Å². The molecule has 0 atom stereocenters. The molecule has 39 heavy (non-hydrogen) atoms. The zero-order chi connectivity index (χ0) is 28.4. The number of nitrogens with zero attached hydrogens (tertiary/aromatic N) is 3. The number of likely N-dealkylation sites (tertiary alicyclic amines) is 1. The van der Waals surface area contributed by atoms with Crippen molar-refractivity contribution in [2.75, 3.05) is 50.7 Å². The van der Waals surface area contributed by atoms with Crippen LogP contribution in [0.1, 0.15) is 24.2 Å². The highest BCUT2D eigenvalue weighted by molar-refractivity contribution is 9.10. The minimum atomic E-state index is -4.46. The number of imidazole rings is 1. The zero-order valence-corrected chi connectivity index (χ0v) is 24.1. The molecule has 4 rings (SSSR count). The number of sulfone groups is 1. The van der Waals surface area contributed by atoms with Crippen molar-refractivity contribution >= 4 is 42.8 Å². The number of nitrogens with one attached hydrogen (secondary N) is 2. The maximum Gasteiger partial charge on any atom is 0.394 e. The fraction of sp³-hybridized carbons (Fsp3) is 0.423. The van der Waals surface area contributed by atoms with Crippen LogP contribution in [0.5, 0.6) is 5.75 Å². The van der Waals surface area contributed by atoms with Crippen molar-refractivity contribution in [1.29, 1.82) is 0 Å². The molecule has 1 saturated heterocycles. The van der Waals surface area contributed by atoms with Crippen LogP contribution < -0.4 is 15.4 Å². The molecule has 1 aliphatic heterocycles. The number of hydrogen-bond donors (Lipinski definition) is 2. The van der Waals surface area contributed by atoms with Gasteiger partial charge in [0.1, 0.15) is 11.4 Å². The third-order valence-electron chi connectivity index (χ3n) is 6.41. The first-order valence-corrected chi connectivity index (χ1v) is 14.9. The summed E-state index contributed by atoms with van der Waals surface area (Å²) in [6, 6.07) is 6.39. The summed E-state index contributed by atoms with van der Waals surface area (Å²) in [7, 11) is 0.0584. The van der Waals surface area contributed by atoms with Crippen LogP contribution in [-0.4, -0.2) is 75.0 Å². The number of hydrogen-bond acceptors (Lipinski definition) is 7. The Hall–Kier alpha value is -2.95. The van der Waals surface area contributed by atoms with Crippen LogP contribution in [0.3, 0.4) is 0 Å². The zero-order valence-electron chi connectivity index (χ0n) is 21.7. The van der Waals surface area contributed by atoms with Crippen LogP contribution in [0, 0.1) is 11.8 Å². The van der Waals surface area contributed by atoms with E-state index in [9.17, 15) is 21.6 Å². The number of alkyl halides is 3. The number of methoxy groups -OCH3 is 1. The average molecular weight is 629 g/mol. The van der Waals surface area contributed by atoms with Crippen LogP contribution in [0.2, 0.25) is 0 Å². The molecule has 210 valence electrons. The fourth-order valence-corrected chi connectivity index (χ4v) is 5.48. The molecule has 0 amide bonds. The maximum atomic E-state index is 13.6. The maximum absolute atomic E-state index is 13.6. The van der Waals surface area contributed by atoms with Gasteiger partial charge in [-0.2, -0.15) is 13.2 Å². The topological polar surface area (TPSA) is 88.0 Å². The second-order valence-corrected chi connectivity index (χ2v) is 12.4. The molecule has 0 unspecified atom stereocenters. The number of ether oxygens (including phenoxy) is 1. The molecule has 1 aliphatic rings. The Bertz CT molecular complexity index is 1520. The lowest BCUT2D eigenvalue weighted by atomic mass is 10.1. The molecule has 2 N–H and O–H groups in total. The first-order valence-electron chi connectivity index (χ1n) is 12.2. The van der Waals surface area contributed by atoms with Crippen molar-refractivity contribution in [3.8, 4) is 17.6 Å². The van der Waals surface area contributed by atoms with Gasteiger partial charge in [-0.25, -0.2) is 13.4 Å². The minimum Gasteiger partial charge on any atom is -0.495 e. The van der Waals surface area contributed by atoms with E-state index in [0.717, 1.165) is 32.2 Å². The number of pyridine rings is 1. The lowest BCUT2D eigenvalue weighted by Crippen LogP contribution is -2.36. The molecule has 3 aromatic rings. The highest BCUT2D eigenvalue weighted by atomic mass is 79.9. The molecular formula is C26H29BrF3N5O3S. The molecule has 1 fully saturated rings. The molecule has 3 heterocycles. The summed E-state index contributed by atoms with van der Waals surface area (Å²) in [6.07, 6.45) is -1.14. The van der Waals surface area contributed by atoms with E-state index in [2.05, 4.69) is 55.3 Å². The van der Waals surface area contributed by atoms with Gasteiger partial charge in [-0.05, 0) is 73.0 Å². The van der Waals surface area contributed by atoms with Gasteiger partial charge in [0.2, 0.25) is 0 Å². The van der Waals surface area contributed by atoms with E-state index in [1.807, 2.05) is 6.07 Å². The Balaban J connectivity index is 1.63. The minimum absolute atomic E-state index is 0.0399. The van der Waals surface area contributed by atoms with Crippen LogP contribution in [0.25, 0.3) is 5.65 Å². The third-order valence-corrected chi connectivity index (χ3v) is 7.95. The normalized spacial score (nSPS) is 15.2. The Labute approximate surface area is 234 Å². The van der Waals surface area contributed by atoms with E-state index in [1.54, 1.807) is 12.3 Å². The summed E-state index contributed by atoms with van der Waals surface area (Å²) in [5.74, 6) is 5.94. The highest BCUT2D eigenvalue weighted by Crippen LogP contribution is 2.31. The number of anilines is 2. The van der Waals surface area contributed by atoms with Gasteiger partial charge < -0.3 is 20.3 Å². The molecule has 13 heteroatoms. The van der Waals surface area contributed by atoms with Gasteiger partial charge in [0.05, 0.1) is 42.0 Å². The summed E-state index contributed by atoms with van der Waals surface area (Å²) in [6.45, 7) is 1.93. The van der Waals surface area contributed by atoms with Crippen LogP contribution in [0.4, 0.5) is 24.5 Å². The predicted molar refractivity (Wildman–Crippen MR) is 148 cm³/mol. The molecule has 0 radical (unpaired) electrons. The summed E-state index contributed by atoms with van der Waals surface area (Å²) in [4.78, 5) is 6.86. The number of halogens is 4. The van der Waals surface area contributed by atoms with Crippen molar-refractivity contribution in [1.82, 2.24) is 14.3 Å². The smallest absolute Gasteiger partial charge is 0.394 e. The van der Waals surface area contributed by atoms with E-state index in [4.69, 9.17) is 4.74 Å². The number of piperidine rings is 1. The summed E-state index contributed by atoms with van der Waals surface area (Å²) in [5, 5.41) is 6.49. The van der Waals surface area contributed by atoms with Crippen LogP contribution in [-0.2, 0) is 16.3 Å². The fourth-order valence-electron chi connectivity index (χ4n) is 4.41. The quantitative estimate of drug-likeness (QED) is 0.371. The summed E-state index contributed by atoms with van der Waals surface area (Å²) >= 11 is 3.43. The van der Waals surface area contributed by atoms with Crippen molar-refractivity contribution in [2.24, 2.45) is 0 Å². The number of fused-ring (bicyclic) bond motifs is 1. The van der Waals surface area contributed by atoms with Gasteiger partial charge in [-0.3, -0.25) is 4.40 Å². The number of rotatable bonds is 7. The second-order valence-electron chi connectivity index (χ2n) is 9.48. The number of aromatic nitrogens is 2. The van der Waals surface area contributed by atoms with Crippen LogP contribution >= 0.6 is 15.9 Å². The van der Waals surface area contributed by atoms with Crippen LogP contribution in [0.15, 0.2) is 39.8 Å². The van der Waals surface area contributed by atoms with Crippen molar-refractivity contribution in [3.05, 3.63) is 46.3 Å². The second kappa shape index (κ2) is 11.7. The Morgan fingerprint density at radius 3 is 2.56 bits per heavy atom. The predicted octanol–water partition coefficient (Wildman–Crippen LogP) is 4.58.